The van der Waals surface area contributed by atoms with Crippen LogP contribution in [0.2, 0.25) is 0 Å². The molecule has 1 aromatic rings. The van der Waals surface area contributed by atoms with Crippen LogP contribution in [0.5, 0.6) is 0 Å². The minimum Gasteiger partial charge on any atom is -0.353 e. The molecule has 1 unspecified atom stereocenters. The molecule has 7 heteroatoms. The van der Waals surface area contributed by atoms with E-state index in [0.29, 0.717) is 32.4 Å². The van der Waals surface area contributed by atoms with Gasteiger partial charge in [-0.2, -0.15) is 0 Å². The molecule has 24 heavy (non-hydrogen) atoms. The molecule has 0 saturated carbocycles. The lowest BCUT2D eigenvalue weighted by Crippen LogP contribution is -2.47. The van der Waals surface area contributed by atoms with Crippen molar-refractivity contribution >= 4 is 15.9 Å². The van der Waals surface area contributed by atoms with Crippen LogP contribution >= 0.6 is 0 Å². The Balaban J connectivity index is 1.78. The van der Waals surface area contributed by atoms with Gasteiger partial charge in [0.15, 0.2) is 0 Å². The van der Waals surface area contributed by atoms with Crippen LogP contribution in [0.15, 0.2) is 30.3 Å². The number of hydrogen-bond acceptors (Lipinski definition) is 4. The van der Waals surface area contributed by atoms with E-state index in [1.807, 2.05) is 37.3 Å². The Morgan fingerprint density at radius 2 is 1.92 bits per heavy atom. The first-order chi connectivity index (χ1) is 11.4. The minimum atomic E-state index is -3.14. The van der Waals surface area contributed by atoms with Crippen LogP contribution in [0.3, 0.4) is 0 Å². The Bertz CT molecular complexity index is 626. The summed E-state index contributed by atoms with van der Waals surface area (Å²) in [4.78, 5) is 12.2. The molecule has 1 fully saturated rings. The van der Waals surface area contributed by atoms with Crippen molar-refractivity contribution in [2.45, 2.75) is 44.7 Å². The number of sulfonamides is 1. The van der Waals surface area contributed by atoms with Crippen molar-refractivity contribution in [3.05, 3.63) is 35.9 Å². The summed E-state index contributed by atoms with van der Waals surface area (Å²) in [5, 5.41) is 2.98. The third kappa shape index (κ3) is 5.29. The van der Waals surface area contributed by atoms with Gasteiger partial charge in [0.2, 0.25) is 15.9 Å². The van der Waals surface area contributed by atoms with E-state index >= 15 is 0 Å². The quantitative estimate of drug-likeness (QED) is 0.775. The van der Waals surface area contributed by atoms with Crippen molar-refractivity contribution in [3.63, 3.8) is 0 Å². The summed E-state index contributed by atoms with van der Waals surface area (Å²) < 4.78 is 25.6. The molecule has 1 heterocycles. The number of piperidine rings is 1. The molecule has 6 nitrogen and oxygen atoms in total. The molecule has 0 radical (unpaired) electrons. The lowest BCUT2D eigenvalue weighted by atomic mass is 10.0. The smallest absolute Gasteiger partial charge is 0.222 e. The SMILES string of the molecule is CCCS(=O)(=O)N1CCC(NC(=O)CC(N)c2ccccc2)CC1. The van der Waals surface area contributed by atoms with Crippen LogP contribution in [0.4, 0.5) is 0 Å². The fraction of sp³-hybridized carbons (Fsp3) is 0.588. The molecule has 0 spiro atoms. The Morgan fingerprint density at radius 3 is 2.50 bits per heavy atom. The highest BCUT2D eigenvalue weighted by Crippen LogP contribution is 2.17. The maximum Gasteiger partial charge on any atom is 0.222 e. The lowest BCUT2D eigenvalue weighted by Gasteiger charge is -2.31. The Morgan fingerprint density at radius 1 is 1.29 bits per heavy atom. The van der Waals surface area contributed by atoms with Gasteiger partial charge in [0.05, 0.1) is 5.75 Å². The van der Waals surface area contributed by atoms with Crippen molar-refractivity contribution in [2.75, 3.05) is 18.8 Å². The maximum atomic E-state index is 12.2. The first-order valence-electron chi connectivity index (χ1n) is 8.50. The zero-order chi connectivity index (χ0) is 17.6. The number of benzene rings is 1. The van der Waals surface area contributed by atoms with Gasteiger partial charge in [-0.3, -0.25) is 4.79 Å². The molecule has 1 aromatic carbocycles. The molecule has 0 aliphatic carbocycles. The monoisotopic (exact) mass is 353 g/mol. The van der Waals surface area contributed by atoms with Gasteiger partial charge >= 0.3 is 0 Å². The molecule has 1 aliphatic heterocycles. The molecular formula is C17H27N3O3S. The van der Waals surface area contributed by atoms with Crippen LogP contribution in [0, 0.1) is 0 Å². The van der Waals surface area contributed by atoms with Gasteiger partial charge in [0.1, 0.15) is 0 Å². The summed E-state index contributed by atoms with van der Waals surface area (Å²) >= 11 is 0. The predicted molar refractivity (Wildman–Crippen MR) is 94.8 cm³/mol. The standard InChI is InChI=1S/C17H27N3O3S/c1-2-12-24(22,23)20-10-8-15(9-11-20)19-17(21)13-16(18)14-6-4-3-5-7-14/h3-7,15-16H,2,8-13,18H2,1H3,(H,19,21). The van der Waals surface area contributed by atoms with Gasteiger partial charge in [-0.1, -0.05) is 37.3 Å². The molecule has 3 N–H and O–H groups in total. The van der Waals surface area contributed by atoms with Crippen LogP contribution in [0.1, 0.15) is 44.2 Å². The van der Waals surface area contributed by atoms with Gasteiger partial charge in [-0.05, 0) is 24.8 Å². The van der Waals surface area contributed by atoms with E-state index in [2.05, 4.69) is 5.32 Å². The summed E-state index contributed by atoms with van der Waals surface area (Å²) in [5.41, 5.74) is 7.00. The van der Waals surface area contributed by atoms with E-state index in [-0.39, 0.29) is 30.2 Å². The lowest BCUT2D eigenvalue weighted by molar-refractivity contribution is -0.122. The molecule has 2 rings (SSSR count). The number of nitrogens with zero attached hydrogens (tertiary/aromatic N) is 1. The van der Waals surface area contributed by atoms with Crippen LogP contribution in [-0.2, 0) is 14.8 Å². The van der Waals surface area contributed by atoms with Gasteiger partial charge < -0.3 is 11.1 Å². The number of rotatable bonds is 7. The number of hydrogen-bond donors (Lipinski definition) is 2. The van der Waals surface area contributed by atoms with E-state index in [1.54, 1.807) is 0 Å². The average Bonchev–Trinajstić information content (AvgIpc) is 2.56. The largest absolute Gasteiger partial charge is 0.353 e. The normalized spacial score (nSPS) is 18.2. The number of carbonyl (C=O) groups excluding carboxylic acids is 1. The summed E-state index contributed by atoms with van der Waals surface area (Å²) in [6, 6.07) is 9.24. The molecule has 1 amide bonds. The third-order valence-electron chi connectivity index (χ3n) is 4.31. The van der Waals surface area contributed by atoms with Crippen molar-refractivity contribution < 1.29 is 13.2 Å². The van der Waals surface area contributed by atoms with Crippen molar-refractivity contribution in [2.24, 2.45) is 5.73 Å². The van der Waals surface area contributed by atoms with Gasteiger partial charge in [0, 0.05) is 31.6 Å². The topological polar surface area (TPSA) is 92.5 Å². The molecule has 0 bridgehead atoms. The summed E-state index contributed by atoms with van der Waals surface area (Å²) in [6.07, 6.45) is 2.15. The van der Waals surface area contributed by atoms with Crippen LogP contribution in [-0.4, -0.2) is 43.5 Å². The van der Waals surface area contributed by atoms with Gasteiger partial charge in [-0.15, -0.1) is 0 Å². The highest BCUT2D eigenvalue weighted by Gasteiger charge is 2.28. The Hall–Kier alpha value is -1.44. The second-order valence-corrected chi connectivity index (χ2v) is 8.37. The first kappa shape index (κ1) is 18.9. The van der Waals surface area contributed by atoms with Crippen molar-refractivity contribution in [1.29, 1.82) is 0 Å². The average molecular weight is 353 g/mol. The van der Waals surface area contributed by atoms with Gasteiger partial charge in [0.25, 0.3) is 0 Å². The first-order valence-corrected chi connectivity index (χ1v) is 10.1. The fourth-order valence-corrected chi connectivity index (χ4v) is 4.51. The molecule has 0 aromatic heterocycles. The molecular weight excluding hydrogens is 326 g/mol. The highest BCUT2D eigenvalue weighted by molar-refractivity contribution is 7.89. The molecule has 1 atom stereocenters. The predicted octanol–water partition coefficient (Wildman–Crippen LogP) is 1.40. The van der Waals surface area contributed by atoms with Crippen molar-refractivity contribution in [3.8, 4) is 0 Å². The van der Waals surface area contributed by atoms with E-state index < -0.39 is 10.0 Å². The minimum absolute atomic E-state index is 0.0218. The van der Waals surface area contributed by atoms with E-state index in [4.69, 9.17) is 5.73 Å². The number of carbonyl (C=O) groups is 1. The number of nitrogens with one attached hydrogen (secondary N) is 1. The maximum absolute atomic E-state index is 12.2. The van der Waals surface area contributed by atoms with Crippen LogP contribution in [0.25, 0.3) is 0 Å². The van der Waals surface area contributed by atoms with Crippen molar-refractivity contribution in [1.82, 2.24) is 9.62 Å². The zero-order valence-corrected chi connectivity index (χ0v) is 15.0. The Labute approximate surface area is 144 Å². The second-order valence-electron chi connectivity index (χ2n) is 6.28. The highest BCUT2D eigenvalue weighted by atomic mass is 32.2. The van der Waals surface area contributed by atoms with Gasteiger partial charge in [-0.25, -0.2) is 12.7 Å². The second kappa shape index (κ2) is 8.60. The Kier molecular flexibility index (Phi) is 6.77. The van der Waals surface area contributed by atoms with Crippen LogP contribution < -0.4 is 11.1 Å². The summed E-state index contributed by atoms with van der Waals surface area (Å²) in [5.74, 6) is 0.108. The number of amides is 1. The summed E-state index contributed by atoms with van der Waals surface area (Å²) in [7, 11) is -3.14. The molecule has 134 valence electrons. The molecule has 1 aliphatic rings. The van der Waals surface area contributed by atoms with E-state index in [0.717, 1.165) is 5.56 Å². The zero-order valence-electron chi connectivity index (χ0n) is 14.1. The fourth-order valence-electron chi connectivity index (χ4n) is 2.97. The summed E-state index contributed by atoms with van der Waals surface area (Å²) in [6.45, 7) is 2.80. The van der Waals surface area contributed by atoms with E-state index in [1.165, 1.54) is 4.31 Å². The van der Waals surface area contributed by atoms with E-state index in [9.17, 15) is 13.2 Å². The third-order valence-corrected chi connectivity index (χ3v) is 6.38. The number of nitrogens with two attached hydrogens (primary N) is 1. The molecule has 1 saturated heterocycles.